The second-order valence-electron chi connectivity index (χ2n) is 4.65. The van der Waals surface area contributed by atoms with Crippen molar-refractivity contribution in [2.45, 2.75) is 13.5 Å². The van der Waals surface area contributed by atoms with Crippen molar-refractivity contribution in [3.63, 3.8) is 0 Å². The zero-order chi connectivity index (χ0) is 15.8. The van der Waals surface area contributed by atoms with Crippen LogP contribution in [0.3, 0.4) is 0 Å². The van der Waals surface area contributed by atoms with E-state index in [0.717, 1.165) is 16.9 Å². The Morgan fingerprint density at radius 3 is 2.86 bits per heavy atom. The van der Waals surface area contributed by atoms with E-state index in [2.05, 4.69) is 4.98 Å². The predicted octanol–water partition coefficient (Wildman–Crippen LogP) is 3.52. The van der Waals surface area contributed by atoms with Crippen molar-refractivity contribution < 1.29 is 14.3 Å². The molecule has 4 heteroatoms. The first kappa shape index (κ1) is 15.9. The van der Waals surface area contributed by atoms with Crippen molar-refractivity contribution in [1.82, 2.24) is 4.98 Å². The highest BCUT2D eigenvalue weighted by atomic mass is 16.5. The van der Waals surface area contributed by atoms with Gasteiger partial charge in [0.15, 0.2) is 5.78 Å². The van der Waals surface area contributed by atoms with Gasteiger partial charge >= 0.3 is 0 Å². The van der Waals surface area contributed by atoms with E-state index in [4.69, 9.17) is 9.47 Å². The average molecular weight is 297 g/mol. The first-order valence-electron chi connectivity index (χ1n) is 7.11. The van der Waals surface area contributed by atoms with Crippen LogP contribution in [0.25, 0.3) is 6.08 Å². The number of benzene rings is 1. The van der Waals surface area contributed by atoms with E-state index in [1.54, 1.807) is 43.8 Å². The fourth-order valence-corrected chi connectivity index (χ4v) is 2.00. The molecule has 0 radical (unpaired) electrons. The highest BCUT2D eigenvalue weighted by Crippen LogP contribution is 2.21. The van der Waals surface area contributed by atoms with Crippen LogP contribution in [0.15, 0.2) is 48.8 Å². The maximum atomic E-state index is 12.0. The molecule has 1 heterocycles. The Morgan fingerprint density at radius 2 is 2.18 bits per heavy atom. The number of hydrogen-bond acceptors (Lipinski definition) is 4. The van der Waals surface area contributed by atoms with Crippen LogP contribution in [-0.4, -0.2) is 24.5 Å². The lowest BCUT2D eigenvalue weighted by atomic mass is 10.1. The Balaban J connectivity index is 2.15. The van der Waals surface area contributed by atoms with Crippen molar-refractivity contribution in [1.29, 1.82) is 0 Å². The molecule has 4 nitrogen and oxygen atoms in total. The minimum atomic E-state index is -0.0738. The van der Waals surface area contributed by atoms with Crippen molar-refractivity contribution in [2.75, 3.05) is 13.7 Å². The Hall–Kier alpha value is -2.46. The van der Waals surface area contributed by atoms with Gasteiger partial charge in [0.2, 0.25) is 0 Å². The number of aromatic nitrogens is 1. The smallest absolute Gasteiger partial charge is 0.187 e. The quantitative estimate of drug-likeness (QED) is 0.579. The topological polar surface area (TPSA) is 48.4 Å². The van der Waals surface area contributed by atoms with Crippen LogP contribution in [0.1, 0.15) is 28.4 Å². The molecule has 0 fully saturated rings. The zero-order valence-electron chi connectivity index (χ0n) is 12.8. The van der Waals surface area contributed by atoms with Crippen LogP contribution >= 0.6 is 0 Å². The van der Waals surface area contributed by atoms with Crippen LogP contribution in [-0.2, 0) is 11.3 Å². The molecular weight excluding hydrogens is 278 g/mol. The molecule has 0 aliphatic rings. The Morgan fingerprint density at radius 1 is 1.32 bits per heavy atom. The molecule has 0 saturated heterocycles. The van der Waals surface area contributed by atoms with Gasteiger partial charge < -0.3 is 9.47 Å². The number of pyridine rings is 1. The van der Waals surface area contributed by atoms with Crippen molar-refractivity contribution >= 4 is 11.9 Å². The van der Waals surface area contributed by atoms with E-state index in [1.807, 2.05) is 25.1 Å². The second kappa shape index (κ2) is 8.10. The number of ketones is 1. The van der Waals surface area contributed by atoms with Crippen LogP contribution in [0.5, 0.6) is 5.75 Å². The normalized spacial score (nSPS) is 10.8. The van der Waals surface area contributed by atoms with Gasteiger partial charge in [-0.2, -0.15) is 0 Å². The summed E-state index contributed by atoms with van der Waals surface area (Å²) in [5.41, 5.74) is 2.45. The molecule has 1 aromatic carbocycles. The first-order valence-corrected chi connectivity index (χ1v) is 7.11. The lowest BCUT2D eigenvalue weighted by Crippen LogP contribution is -1.97. The van der Waals surface area contributed by atoms with Crippen LogP contribution in [0.4, 0.5) is 0 Å². The summed E-state index contributed by atoms with van der Waals surface area (Å²) in [5, 5.41) is 0. The molecule has 0 saturated carbocycles. The molecule has 2 rings (SSSR count). The number of carbonyl (C=O) groups is 1. The summed E-state index contributed by atoms with van der Waals surface area (Å²) in [4.78, 5) is 16.0. The summed E-state index contributed by atoms with van der Waals surface area (Å²) in [5.74, 6) is 0.708. The summed E-state index contributed by atoms with van der Waals surface area (Å²) < 4.78 is 10.7. The van der Waals surface area contributed by atoms with Gasteiger partial charge in [-0.15, -0.1) is 0 Å². The number of methoxy groups -OCH3 is 1. The molecule has 114 valence electrons. The molecule has 0 amide bonds. The monoisotopic (exact) mass is 297 g/mol. The van der Waals surface area contributed by atoms with Gasteiger partial charge in [-0.1, -0.05) is 12.1 Å². The average Bonchev–Trinajstić information content (AvgIpc) is 2.58. The Bertz CT molecular complexity index is 651. The van der Waals surface area contributed by atoms with E-state index in [0.29, 0.717) is 18.8 Å². The Kier molecular flexibility index (Phi) is 5.86. The van der Waals surface area contributed by atoms with E-state index < -0.39 is 0 Å². The highest BCUT2D eigenvalue weighted by molar-refractivity contribution is 6.06. The van der Waals surface area contributed by atoms with Crippen LogP contribution < -0.4 is 4.74 Å². The molecule has 1 aromatic heterocycles. The fraction of sp³-hybridized carbons (Fsp3) is 0.222. The summed E-state index contributed by atoms with van der Waals surface area (Å²) in [7, 11) is 1.63. The molecule has 0 unspecified atom stereocenters. The summed E-state index contributed by atoms with van der Waals surface area (Å²) >= 11 is 0. The van der Waals surface area contributed by atoms with Crippen molar-refractivity contribution in [3.05, 3.63) is 65.5 Å². The van der Waals surface area contributed by atoms with E-state index in [1.165, 1.54) is 0 Å². The number of hydrogen-bond donors (Lipinski definition) is 0. The van der Waals surface area contributed by atoms with Gasteiger partial charge in [0.05, 0.1) is 13.7 Å². The summed E-state index contributed by atoms with van der Waals surface area (Å²) in [6, 6.07) is 9.23. The van der Waals surface area contributed by atoms with Gasteiger partial charge in [-0.3, -0.25) is 9.78 Å². The largest absolute Gasteiger partial charge is 0.496 e. The van der Waals surface area contributed by atoms with E-state index >= 15 is 0 Å². The molecule has 22 heavy (non-hydrogen) atoms. The minimum absolute atomic E-state index is 0.0738. The molecule has 0 atom stereocenters. The molecule has 0 bridgehead atoms. The lowest BCUT2D eigenvalue weighted by Gasteiger charge is -2.09. The number of nitrogens with zero attached hydrogens (tertiary/aromatic N) is 1. The predicted molar refractivity (Wildman–Crippen MR) is 85.9 cm³/mol. The molecule has 2 aromatic rings. The summed E-state index contributed by atoms with van der Waals surface area (Å²) in [6.07, 6.45) is 6.53. The number of ether oxygens (including phenoxy) is 2. The van der Waals surface area contributed by atoms with E-state index in [-0.39, 0.29) is 5.78 Å². The van der Waals surface area contributed by atoms with Crippen LogP contribution in [0, 0.1) is 0 Å². The summed E-state index contributed by atoms with van der Waals surface area (Å²) in [6.45, 7) is 3.07. The number of allylic oxidation sites excluding steroid dienone is 1. The Labute approximate surface area is 130 Å². The van der Waals surface area contributed by atoms with Gasteiger partial charge in [-0.05, 0) is 42.8 Å². The fourth-order valence-electron chi connectivity index (χ4n) is 2.00. The number of carbonyl (C=O) groups excluding carboxylic acids is 1. The highest BCUT2D eigenvalue weighted by Gasteiger charge is 2.04. The van der Waals surface area contributed by atoms with Crippen molar-refractivity contribution in [2.24, 2.45) is 0 Å². The molecule has 0 N–H and O–H groups in total. The van der Waals surface area contributed by atoms with Gasteiger partial charge in [0, 0.05) is 30.1 Å². The minimum Gasteiger partial charge on any atom is -0.496 e. The molecule has 0 aliphatic carbocycles. The lowest BCUT2D eigenvalue weighted by molar-refractivity contribution is 0.104. The maximum absolute atomic E-state index is 12.0. The van der Waals surface area contributed by atoms with Crippen LogP contribution in [0.2, 0.25) is 0 Å². The van der Waals surface area contributed by atoms with Gasteiger partial charge in [-0.25, -0.2) is 0 Å². The van der Waals surface area contributed by atoms with E-state index in [9.17, 15) is 4.79 Å². The third kappa shape index (κ3) is 4.27. The SMILES string of the molecule is CCOCc1cc(/C=C/C(=O)c2cccnc2)ccc1OC. The second-order valence-corrected chi connectivity index (χ2v) is 4.65. The molecule has 0 aliphatic heterocycles. The standard InChI is InChI=1S/C18H19NO3/c1-3-22-13-16-11-14(7-9-18(16)21-2)6-8-17(20)15-5-4-10-19-12-15/h4-12H,3,13H2,1-2H3/b8-6+. The first-order chi connectivity index (χ1) is 10.7. The number of rotatable bonds is 7. The third-order valence-corrected chi connectivity index (χ3v) is 3.14. The van der Waals surface area contributed by atoms with Crippen molar-refractivity contribution in [3.8, 4) is 5.75 Å². The zero-order valence-corrected chi connectivity index (χ0v) is 12.8. The maximum Gasteiger partial charge on any atom is 0.187 e. The molecular formula is C18H19NO3. The van der Waals surface area contributed by atoms with Gasteiger partial charge in [0.25, 0.3) is 0 Å². The molecule has 0 spiro atoms. The van der Waals surface area contributed by atoms with Gasteiger partial charge in [0.1, 0.15) is 5.75 Å². The third-order valence-electron chi connectivity index (χ3n) is 3.14.